The van der Waals surface area contributed by atoms with Crippen molar-refractivity contribution in [3.8, 4) is 0 Å². The van der Waals surface area contributed by atoms with Crippen molar-refractivity contribution in [2.24, 2.45) is 0 Å². The third-order valence-corrected chi connectivity index (χ3v) is 5.73. The van der Waals surface area contributed by atoms with Gasteiger partial charge in [0, 0.05) is 37.6 Å². The topological polar surface area (TPSA) is 19.4 Å². The van der Waals surface area contributed by atoms with Crippen LogP contribution in [-0.2, 0) is 0 Å². The smallest absolute Gasteiger partial charge is 0.0637 e. The van der Waals surface area contributed by atoms with Crippen molar-refractivity contribution >= 4 is 48.1 Å². The second-order valence-electron chi connectivity index (χ2n) is 7.68. The van der Waals surface area contributed by atoms with E-state index in [1.54, 1.807) is 0 Å². The van der Waals surface area contributed by atoms with Crippen molar-refractivity contribution in [3.05, 3.63) is 89.2 Å². The van der Waals surface area contributed by atoms with E-state index < -0.39 is 0 Å². The average Bonchev–Trinajstić information content (AvgIpc) is 2.85. The average molecular weight is 462 g/mol. The van der Waals surface area contributed by atoms with E-state index in [1.165, 1.54) is 22.5 Å². The zero-order valence-electron chi connectivity index (χ0n) is 20.2. The van der Waals surface area contributed by atoms with Crippen LogP contribution in [-0.4, -0.2) is 31.2 Å². The summed E-state index contributed by atoms with van der Waals surface area (Å²) in [4.78, 5) is 9.46. The van der Waals surface area contributed by atoms with E-state index in [0.29, 0.717) is 0 Å². The van der Waals surface area contributed by atoms with Gasteiger partial charge in [-0.2, -0.15) is 0 Å². The van der Waals surface area contributed by atoms with Crippen LogP contribution < -0.4 is 9.80 Å². The van der Waals surface area contributed by atoms with Crippen LogP contribution in [0, 0.1) is 0 Å². The fourth-order valence-electron chi connectivity index (χ4n) is 3.79. The molecular weight excluding hydrogens is 426 g/mol. The van der Waals surface area contributed by atoms with Crippen LogP contribution in [0.2, 0.25) is 0 Å². The number of hydrogen-bond donors (Lipinski definition) is 0. The van der Waals surface area contributed by atoms with Crippen LogP contribution in [0.25, 0.3) is 24.3 Å². The van der Waals surface area contributed by atoms with E-state index >= 15 is 0 Å². The lowest BCUT2D eigenvalue weighted by molar-refractivity contribution is 0.866. The lowest BCUT2D eigenvalue weighted by Gasteiger charge is -2.20. The highest BCUT2D eigenvalue weighted by atomic mass is 35.5. The first-order valence-electron chi connectivity index (χ1n) is 11.7. The van der Waals surface area contributed by atoms with Gasteiger partial charge < -0.3 is 9.80 Å². The van der Waals surface area contributed by atoms with E-state index in [2.05, 4.69) is 116 Å². The molecule has 0 saturated heterocycles. The van der Waals surface area contributed by atoms with Crippen LogP contribution in [0.4, 0.5) is 11.4 Å². The highest BCUT2D eigenvalue weighted by molar-refractivity contribution is 5.85. The van der Waals surface area contributed by atoms with Crippen molar-refractivity contribution in [1.29, 1.82) is 0 Å². The highest BCUT2D eigenvalue weighted by Crippen LogP contribution is 2.18. The maximum atomic E-state index is 4.76. The maximum absolute atomic E-state index is 4.76. The van der Waals surface area contributed by atoms with Crippen molar-refractivity contribution in [1.82, 2.24) is 4.98 Å². The number of benzene rings is 2. The van der Waals surface area contributed by atoms with Gasteiger partial charge in [-0.15, -0.1) is 12.4 Å². The largest absolute Gasteiger partial charge is 0.372 e. The zero-order chi connectivity index (χ0) is 22.8. The maximum Gasteiger partial charge on any atom is 0.0637 e. The minimum Gasteiger partial charge on any atom is -0.372 e. The first-order chi connectivity index (χ1) is 15.7. The summed E-state index contributed by atoms with van der Waals surface area (Å²) >= 11 is 0. The van der Waals surface area contributed by atoms with Gasteiger partial charge in [-0.3, -0.25) is 0 Å². The summed E-state index contributed by atoms with van der Waals surface area (Å²) in [6.07, 6.45) is 8.38. The minimum absolute atomic E-state index is 0. The summed E-state index contributed by atoms with van der Waals surface area (Å²) in [5, 5.41) is 0. The molecule has 3 rings (SSSR count). The van der Waals surface area contributed by atoms with Gasteiger partial charge in [0.05, 0.1) is 11.4 Å². The van der Waals surface area contributed by atoms with Gasteiger partial charge in [-0.05, 0) is 87.4 Å². The van der Waals surface area contributed by atoms with Crippen molar-refractivity contribution in [2.45, 2.75) is 27.7 Å². The summed E-state index contributed by atoms with van der Waals surface area (Å²) in [6, 6.07) is 23.5. The third kappa shape index (κ3) is 7.50. The fourth-order valence-corrected chi connectivity index (χ4v) is 3.79. The number of aromatic nitrogens is 1. The molecule has 0 unspecified atom stereocenters. The molecule has 1 heterocycles. The zero-order valence-corrected chi connectivity index (χ0v) is 21.1. The van der Waals surface area contributed by atoms with Gasteiger partial charge in [0.1, 0.15) is 0 Å². The molecule has 3 nitrogen and oxygen atoms in total. The van der Waals surface area contributed by atoms with Crippen LogP contribution in [0.15, 0.2) is 66.7 Å². The fraction of sp³-hybridized carbons (Fsp3) is 0.276. The third-order valence-electron chi connectivity index (χ3n) is 5.73. The normalized spacial score (nSPS) is 11.0. The van der Waals surface area contributed by atoms with Gasteiger partial charge in [0.15, 0.2) is 0 Å². The van der Waals surface area contributed by atoms with Gasteiger partial charge in [0.25, 0.3) is 0 Å². The Morgan fingerprint density at radius 1 is 0.545 bits per heavy atom. The number of nitrogens with zero attached hydrogens (tertiary/aromatic N) is 3. The van der Waals surface area contributed by atoms with E-state index in [0.717, 1.165) is 37.6 Å². The summed E-state index contributed by atoms with van der Waals surface area (Å²) in [6.45, 7) is 12.8. The summed E-state index contributed by atoms with van der Waals surface area (Å²) in [5.74, 6) is 0. The Balaban J connectivity index is 0.00000385. The lowest BCUT2D eigenvalue weighted by atomic mass is 10.1. The molecule has 0 aliphatic carbocycles. The van der Waals surface area contributed by atoms with Crippen molar-refractivity contribution in [2.75, 3.05) is 36.0 Å². The number of pyridine rings is 1. The van der Waals surface area contributed by atoms with Crippen LogP contribution >= 0.6 is 12.4 Å². The molecule has 0 radical (unpaired) electrons. The molecule has 0 saturated carbocycles. The van der Waals surface area contributed by atoms with E-state index in [9.17, 15) is 0 Å². The van der Waals surface area contributed by atoms with Crippen LogP contribution in [0.1, 0.15) is 50.2 Å². The predicted octanol–water partition coefficient (Wildman–Crippen LogP) is 7.54. The van der Waals surface area contributed by atoms with E-state index in [1.807, 2.05) is 12.1 Å². The second kappa shape index (κ2) is 13.5. The molecule has 0 aliphatic heterocycles. The number of rotatable bonds is 10. The van der Waals surface area contributed by atoms with Gasteiger partial charge in [0.2, 0.25) is 0 Å². The Labute approximate surface area is 205 Å². The molecule has 0 fully saturated rings. The number of hydrogen-bond acceptors (Lipinski definition) is 3. The highest BCUT2D eigenvalue weighted by Gasteiger charge is 2.01. The lowest BCUT2D eigenvalue weighted by Crippen LogP contribution is -2.21. The van der Waals surface area contributed by atoms with Crippen LogP contribution in [0.5, 0.6) is 0 Å². The molecule has 0 spiro atoms. The molecule has 0 amide bonds. The molecule has 0 atom stereocenters. The van der Waals surface area contributed by atoms with E-state index in [-0.39, 0.29) is 12.4 Å². The van der Waals surface area contributed by atoms with Gasteiger partial charge in [-0.25, -0.2) is 4.98 Å². The Morgan fingerprint density at radius 2 is 0.909 bits per heavy atom. The molecular formula is C29H36ClN3. The Morgan fingerprint density at radius 3 is 1.24 bits per heavy atom. The minimum atomic E-state index is 0. The molecule has 1 aromatic heterocycles. The molecule has 0 N–H and O–H groups in total. The molecule has 3 aromatic rings. The van der Waals surface area contributed by atoms with E-state index in [4.69, 9.17) is 4.98 Å². The van der Waals surface area contributed by atoms with Gasteiger partial charge in [-0.1, -0.05) is 42.5 Å². The van der Waals surface area contributed by atoms with Crippen LogP contribution in [0.3, 0.4) is 0 Å². The molecule has 0 aliphatic rings. The molecule has 2 aromatic carbocycles. The summed E-state index contributed by atoms with van der Waals surface area (Å²) in [7, 11) is 0. The SMILES string of the molecule is CCN(CC)c1ccc(/C=C/c2cccc(/C=C/c3ccc(N(CC)CC)cc3)n2)cc1.Cl. The molecule has 0 bridgehead atoms. The molecule has 174 valence electrons. The van der Waals surface area contributed by atoms with Gasteiger partial charge >= 0.3 is 0 Å². The summed E-state index contributed by atoms with van der Waals surface area (Å²) in [5.41, 5.74) is 6.80. The quantitative estimate of drug-likeness (QED) is 0.311. The summed E-state index contributed by atoms with van der Waals surface area (Å²) < 4.78 is 0. The Bertz CT molecular complexity index is 935. The predicted molar refractivity (Wildman–Crippen MR) is 149 cm³/mol. The van der Waals surface area contributed by atoms with Crippen molar-refractivity contribution < 1.29 is 0 Å². The second-order valence-corrected chi connectivity index (χ2v) is 7.68. The Kier molecular flexibility index (Phi) is 10.7. The molecule has 4 heteroatoms. The monoisotopic (exact) mass is 461 g/mol. The first kappa shape index (κ1) is 26.2. The standard InChI is InChI=1S/C29H35N3.ClH/c1-5-31(6-2)28-20-14-24(15-21-28)12-18-26-10-9-11-27(30-26)19-13-25-16-22-29(23-17-25)32(7-3)8-4;/h9-23H,5-8H2,1-4H3;1H/b18-12+,19-13+;. The Hall–Kier alpha value is -3.04. The van der Waals surface area contributed by atoms with Crippen molar-refractivity contribution in [3.63, 3.8) is 0 Å². The molecule has 33 heavy (non-hydrogen) atoms. The number of halogens is 1. The first-order valence-corrected chi connectivity index (χ1v) is 11.7. The number of anilines is 2.